The monoisotopic (exact) mass is 658 g/mol. The van der Waals surface area contributed by atoms with Crippen LogP contribution < -0.4 is 0 Å². The Hall–Kier alpha value is -6.98. The van der Waals surface area contributed by atoms with E-state index in [9.17, 15) is 0 Å². The fraction of sp³-hybridized carbons (Fsp3) is 0. The van der Waals surface area contributed by atoms with E-state index in [4.69, 9.17) is 26.8 Å². The van der Waals surface area contributed by atoms with Gasteiger partial charge in [-0.25, -0.2) is 19.9 Å². The second-order valence-electron chi connectivity index (χ2n) is 12.0. The van der Waals surface area contributed by atoms with Gasteiger partial charge >= 0.3 is 0 Å². The van der Waals surface area contributed by atoms with Gasteiger partial charge in [0.2, 0.25) is 0 Å². The predicted octanol–water partition coefficient (Wildman–Crippen LogP) is 11.2. The molecule has 240 valence electrons. The Balaban J connectivity index is 1.24. The average Bonchev–Trinajstić information content (AvgIpc) is 3.65. The van der Waals surface area contributed by atoms with E-state index < -0.39 is 18.1 Å². The molecule has 6 aromatic carbocycles. The maximum absolute atomic E-state index is 8.85. The van der Waals surface area contributed by atoms with E-state index in [1.807, 2.05) is 140 Å². The molecule has 0 aliphatic heterocycles. The molecule has 0 aliphatic carbocycles. The van der Waals surface area contributed by atoms with Crippen molar-refractivity contribution in [3.8, 4) is 78.9 Å². The van der Waals surface area contributed by atoms with E-state index in [2.05, 4.69) is 16.5 Å². The van der Waals surface area contributed by atoms with Crippen molar-refractivity contribution in [2.45, 2.75) is 0 Å². The lowest BCUT2D eigenvalue weighted by Gasteiger charge is -2.13. The molecular weight excluding hydrogens is 623 g/mol. The number of fused-ring (bicyclic) bond motifs is 1. The van der Waals surface area contributed by atoms with E-state index in [-0.39, 0.29) is 17.6 Å². The Morgan fingerprint density at radius 2 is 0.863 bits per heavy atom. The first-order valence-electron chi connectivity index (χ1n) is 19.1. The molecular formula is C46H31N5. The number of aromatic nitrogens is 5. The number of rotatable bonds is 7. The molecule has 51 heavy (non-hydrogen) atoms. The fourth-order valence-corrected chi connectivity index (χ4v) is 6.29. The second-order valence-corrected chi connectivity index (χ2v) is 12.0. The minimum Gasteiger partial charge on any atom is -0.299 e. The Kier molecular flexibility index (Phi) is 6.46. The van der Waals surface area contributed by atoms with Gasteiger partial charge in [0.05, 0.1) is 18.2 Å². The first-order valence-corrected chi connectivity index (χ1v) is 16.6. The Bertz CT molecular complexity index is 2810. The highest BCUT2D eigenvalue weighted by Gasteiger charge is 2.17. The minimum absolute atomic E-state index is 0.0912. The summed E-state index contributed by atoms with van der Waals surface area (Å²) in [6, 6.07) is 47.3. The molecule has 0 radical (unpaired) electrons. The summed E-state index contributed by atoms with van der Waals surface area (Å²) in [5.74, 6) is 1.34. The van der Waals surface area contributed by atoms with E-state index in [0.717, 1.165) is 50.4 Å². The van der Waals surface area contributed by atoms with Gasteiger partial charge in [0.1, 0.15) is 5.65 Å². The van der Waals surface area contributed by atoms with Gasteiger partial charge < -0.3 is 0 Å². The highest BCUT2D eigenvalue weighted by atomic mass is 15.0. The van der Waals surface area contributed by atoms with Gasteiger partial charge in [0.25, 0.3) is 0 Å². The molecule has 0 saturated heterocycles. The predicted molar refractivity (Wildman–Crippen MR) is 207 cm³/mol. The number of pyridine rings is 1. The summed E-state index contributed by atoms with van der Waals surface area (Å²) in [4.78, 5) is 19.8. The lowest BCUT2D eigenvalue weighted by atomic mass is 9.94. The third-order valence-electron chi connectivity index (χ3n) is 8.75. The third-order valence-corrected chi connectivity index (χ3v) is 8.75. The quantitative estimate of drug-likeness (QED) is 0.171. The number of benzene rings is 6. The van der Waals surface area contributed by atoms with Crippen LogP contribution in [0.15, 0.2) is 188 Å². The van der Waals surface area contributed by atoms with Crippen LogP contribution in [0.2, 0.25) is 0 Å². The van der Waals surface area contributed by atoms with Crippen molar-refractivity contribution in [1.82, 2.24) is 24.3 Å². The molecule has 0 unspecified atom stereocenters. The molecule has 5 heteroatoms. The molecule has 0 amide bonds. The van der Waals surface area contributed by atoms with E-state index in [1.165, 1.54) is 0 Å². The maximum atomic E-state index is 8.85. The van der Waals surface area contributed by atoms with Crippen LogP contribution in [-0.2, 0) is 0 Å². The van der Waals surface area contributed by atoms with Crippen LogP contribution in [-0.4, -0.2) is 24.3 Å². The van der Waals surface area contributed by atoms with Crippen LogP contribution in [0.4, 0.5) is 0 Å². The summed E-state index contributed by atoms with van der Waals surface area (Å²) in [5, 5.41) is 0. The molecule has 0 atom stereocenters. The van der Waals surface area contributed by atoms with E-state index >= 15 is 0 Å². The molecule has 0 N–H and O–H groups in total. The molecule has 3 heterocycles. The number of hydrogen-bond donors (Lipinski definition) is 0. The molecule has 0 fully saturated rings. The molecule has 9 aromatic rings. The molecule has 5 nitrogen and oxygen atoms in total. The zero-order chi connectivity index (χ0) is 38.3. The summed E-state index contributed by atoms with van der Waals surface area (Å²) in [6.45, 7) is 0. The standard InChI is InChI=1S/C46H31N5/c1-5-15-32(16-6-1)38-29-39(31-40(30-38)46-49-44(36-19-9-3-10-20-36)48-45(50-46)37-21-11-4-12-22-37)33-24-26-34(27-25-33)42-43(35-17-7-2-8-18-35)51-28-14-13-23-41(51)47-42/h1-31H/i1D,5D,6D,15D,16D. The van der Waals surface area contributed by atoms with Crippen LogP contribution in [0.3, 0.4) is 0 Å². The molecule has 9 rings (SSSR count). The third kappa shape index (κ3) is 5.98. The fourth-order valence-electron chi connectivity index (χ4n) is 6.29. The van der Waals surface area contributed by atoms with Crippen molar-refractivity contribution < 1.29 is 6.85 Å². The highest BCUT2D eigenvalue weighted by molar-refractivity contribution is 5.85. The van der Waals surface area contributed by atoms with Gasteiger partial charge in [0.15, 0.2) is 17.5 Å². The maximum Gasteiger partial charge on any atom is 0.164 e. The second kappa shape index (κ2) is 13.1. The zero-order valence-electron chi connectivity index (χ0n) is 32.2. The van der Waals surface area contributed by atoms with Crippen LogP contribution in [0, 0.1) is 0 Å². The van der Waals surface area contributed by atoms with Gasteiger partial charge in [0, 0.05) is 34.0 Å². The van der Waals surface area contributed by atoms with E-state index in [1.54, 1.807) is 6.07 Å². The van der Waals surface area contributed by atoms with Gasteiger partial charge in [-0.3, -0.25) is 4.40 Å². The van der Waals surface area contributed by atoms with Crippen LogP contribution in [0.1, 0.15) is 6.85 Å². The lowest BCUT2D eigenvalue weighted by molar-refractivity contribution is 1.07. The van der Waals surface area contributed by atoms with Gasteiger partial charge in [-0.15, -0.1) is 0 Å². The molecule has 0 saturated carbocycles. The van der Waals surface area contributed by atoms with Crippen molar-refractivity contribution in [3.05, 3.63) is 188 Å². The summed E-state index contributed by atoms with van der Waals surface area (Å²) in [5.41, 5.74) is 8.97. The number of hydrogen-bond acceptors (Lipinski definition) is 4. The topological polar surface area (TPSA) is 56.0 Å². The number of imidazole rings is 1. The Morgan fingerprint density at radius 3 is 1.47 bits per heavy atom. The van der Waals surface area contributed by atoms with Crippen LogP contribution in [0.25, 0.3) is 84.6 Å². The van der Waals surface area contributed by atoms with Gasteiger partial charge in [-0.1, -0.05) is 152 Å². The highest BCUT2D eigenvalue weighted by Crippen LogP contribution is 2.36. The minimum atomic E-state index is -0.449. The first-order chi connectivity index (χ1) is 27.3. The summed E-state index contributed by atoms with van der Waals surface area (Å²) < 4.78 is 44.9. The van der Waals surface area contributed by atoms with Gasteiger partial charge in [-0.2, -0.15) is 0 Å². The Labute approximate surface area is 303 Å². The first kappa shape index (κ1) is 25.1. The van der Waals surface area contributed by atoms with Crippen molar-refractivity contribution >= 4 is 5.65 Å². The summed E-state index contributed by atoms with van der Waals surface area (Å²) >= 11 is 0. The zero-order valence-corrected chi connectivity index (χ0v) is 27.2. The Morgan fingerprint density at radius 1 is 0.373 bits per heavy atom. The smallest absolute Gasteiger partial charge is 0.164 e. The SMILES string of the molecule is [2H]c1c([2H])c([2H])c(-c2cc(-c3ccc(-c4nc5ccccn5c4-c4ccccc4)cc3)cc(-c3nc(-c4ccccc4)nc(-c4ccccc4)n3)c2)c([2H])c1[2H]. The average molecular weight is 659 g/mol. The molecule has 0 bridgehead atoms. The normalized spacial score (nSPS) is 12.5. The molecule has 0 aliphatic rings. The largest absolute Gasteiger partial charge is 0.299 e. The van der Waals surface area contributed by atoms with Crippen molar-refractivity contribution in [2.75, 3.05) is 0 Å². The van der Waals surface area contributed by atoms with Crippen molar-refractivity contribution in [3.63, 3.8) is 0 Å². The summed E-state index contributed by atoms with van der Waals surface area (Å²) in [6.07, 6.45) is 2.02. The van der Waals surface area contributed by atoms with Crippen LogP contribution in [0.5, 0.6) is 0 Å². The molecule has 3 aromatic heterocycles. The van der Waals surface area contributed by atoms with Crippen molar-refractivity contribution in [2.24, 2.45) is 0 Å². The van der Waals surface area contributed by atoms with Crippen LogP contribution >= 0.6 is 0 Å². The van der Waals surface area contributed by atoms with Gasteiger partial charge in [-0.05, 0) is 52.6 Å². The lowest BCUT2D eigenvalue weighted by Crippen LogP contribution is -2.00. The molecule has 0 spiro atoms. The summed E-state index contributed by atoms with van der Waals surface area (Å²) in [7, 11) is 0. The van der Waals surface area contributed by atoms with Crippen molar-refractivity contribution in [1.29, 1.82) is 0 Å². The number of nitrogens with zero attached hydrogens (tertiary/aromatic N) is 5. The van der Waals surface area contributed by atoms with E-state index in [0.29, 0.717) is 28.6 Å².